The van der Waals surface area contributed by atoms with E-state index >= 15 is 0 Å². The normalized spacial score (nSPS) is 10.3. The number of aromatic nitrogens is 1. The Labute approximate surface area is 110 Å². The van der Waals surface area contributed by atoms with Crippen molar-refractivity contribution < 1.29 is 9.13 Å². The Bertz CT molecular complexity index is 641. The van der Waals surface area contributed by atoms with Gasteiger partial charge in [-0.05, 0) is 43.2 Å². The Morgan fingerprint density at radius 3 is 2.74 bits per heavy atom. The minimum Gasteiger partial charge on any atom is -0.435 e. The number of ether oxygens (including phenoxy) is 1. The van der Waals surface area contributed by atoms with Crippen molar-refractivity contribution in [3.63, 3.8) is 0 Å². The fraction of sp³-hybridized carbons (Fsp3) is 0.143. The first-order chi connectivity index (χ1) is 8.99. The van der Waals surface area contributed by atoms with Gasteiger partial charge in [-0.2, -0.15) is 0 Å². The lowest BCUT2D eigenvalue weighted by Crippen LogP contribution is -2.15. The lowest BCUT2D eigenvalue weighted by atomic mass is 10.1. The van der Waals surface area contributed by atoms with Crippen LogP contribution in [-0.4, -0.2) is 10.8 Å². The SMILES string of the molecule is Cc1ccc(F)c(Oc2nccc(C)c2C(=N)N)c1. The van der Waals surface area contributed by atoms with Crippen LogP contribution in [0.4, 0.5) is 4.39 Å². The molecular weight excluding hydrogens is 245 g/mol. The van der Waals surface area contributed by atoms with Gasteiger partial charge >= 0.3 is 0 Å². The van der Waals surface area contributed by atoms with Gasteiger partial charge in [0.15, 0.2) is 11.6 Å². The molecule has 0 radical (unpaired) electrons. The molecule has 0 saturated carbocycles. The summed E-state index contributed by atoms with van der Waals surface area (Å²) < 4.78 is 19.1. The van der Waals surface area contributed by atoms with Crippen LogP contribution in [0.5, 0.6) is 11.6 Å². The number of nitrogen functional groups attached to an aromatic ring is 1. The molecule has 0 atom stereocenters. The predicted octanol–water partition coefficient (Wildman–Crippen LogP) is 2.91. The molecular formula is C14H14FN3O. The Hall–Kier alpha value is -2.43. The van der Waals surface area contributed by atoms with Gasteiger partial charge < -0.3 is 10.5 Å². The highest BCUT2D eigenvalue weighted by Crippen LogP contribution is 2.27. The van der Waals surface area contributed by atoms with Gasteiger partial charge in [0, 0.05) is 6.20 Å². The molecule has 1 heterocycles. The number of halogens is 1. The van der Waals surface area contributed by atoms with Crippen molar-refractivity contribution in [3.8, 4) is 11.6 Å². The molecule has 0 aliphatic rings. The molecule has 1 aromatic carbocycles. The number of nitrogens with zero attached hydrogens (tertiary/aromatic N) is 1. The van der Waals surface area contributed by atoms with E-state index in [1.54, 1.807) is 25.1 Å². The number of hydrogen-bond acceptors (Lipinski definition) is 3. The summed E-state index contributed by atoms with van der Waals surface area (Å²) in [5, 5.41) is 7.54. The van der Waals surface area contributed by atoms with Crippen LogP contribution in [0, 0.1) is 25.1 Å². The van der Waals surface area contributed by atoms with Crippen molar-refractivity contribution in [2.45, 2.75) is 13.8 Å². The number of nitrogens with two attached hydrogens (primary N) is 1. The zero-order valence-corrected chi connectivity index (χ0v) is 10.7. The molecule has 0 amide bonds. The summed E-state index contributed by atoms with van der Waals surface area (Å²) in [4.78, 5) is 4.02. The second-order valence-corrected chi connectivity index (χ2v) is 4.26. The first-order valence-corrected chi connectivity index (χ1v) is 5.73. The van der Waals surface area contributed by atoms with Crippen molar-refractivity contribution >= 4 is 5.84 Å². The van der Waals surface area contributed by atoms with E-state index in [9.17, 15) is 4.39 Å². The molecule has 0 spiro atoms. The molecule has 0 aliphatic heterocycles. The third-order valence-electron chi connectivity index (χ3n) is 2.69. The maximum Gasteiger partial charge on any atom is 0.230 e. The fourth-order valence-electron chi connectivity index (χ4n) is 1.73. The lowest BCUT2D eigenvalue weighted by molar-refractivity contribution is 0.426. The van der Waals surface area contributed by atoms with Crippen LogP contribution >= 0.6 is 0 Å². The average molecular weight is 259 g/mol. The minimum absolute atomic E-state index is 0.0700. The van der Waals surface area contributed by atoms with Crippen molar-refractivity contribution in [2.75, 3.05) is 0 Å². The van der Waals surface area contributed by atoms with E-state index < -0.39 is 5.82 Å². The van der Waals surface area contributed by atoms with Gasteiger partial charge in [0.25, 0.3) is 0 Å². The topological polar surface area (TPSA) is 72.0 Å². The highest BCUT2D eigenvalue weighted by Gasteiger charge is 2.14. The van der Waals surface area contributed by atoms with Crippen molar-refractivity contribution in [1.29, 1.82) is 5.41 Å². The Kier molecular flexibility index (Phi) is 3.46. The third-order valence-corrected chi connectivity index (χ3v) is 2.69. The number of rotatable bonds is 3. The van der Waals surface area contributed by atoms with E-state index in [1.807, 2.05) is 6.92 Å². The van der Waals surface area contributed by atoms with Gasteiger partial charge in [-0.15, -0.1) is 0 Å². The van der Waals surface area contributed by atoms with Gasteiger partial charge in [-0.1, -0.05) is 6.07 Å². The average Bonchev–Trinajstić information content (AvgIpc) is 2.33. The number of nitrogens with one attached hydrogen (secondary N) is 1. The van der Waals surface area contributed by atoms with Gasteiger partial charge in [0.2, 0.25) is 5.88 Å². The van der Waals surface area contributed by atoms with E-state index in [2.05, 4.69) is 4.98 Å². The van der Waals surface area contributed by atoms with Crippen LogP contribution in [0.25, 0.3) is 0 Å². The fourth-order valence-corrected chi connectivity index (χ4v) is 1.73. The molecule has 0 bridgehead atoms. The number of aryl methyl sites for hydroxylation is 2. The summed E-state index contributed by atoms with van der Waals surface area (Å²) in [6.45, 7) is 3.62. The Morgan fingerprint density at radius 2 is 2.05 bits per heavy atom. The third kappa shape index (κ3) is 2.70. The van der Waals surface area contributed by atoms with Gasteiger partial charge in [0.1, 0.15) is 5.84 Å². The summed E-state index contributed by atoms with van der Waals surface area (Å²) in [6.07, 6.45) is 1.53. The van der Waals surface area contributed by atoms with E-state index in [0.717, 1.165) is 11.1 Å². The van der Waals surface area contributed by atoms with E-state index in [4.69, 9.17) is 15.9 Å². The lowest BCUT2D eigenvalue weighted by Gasteiger charge is -2.12. The summed E-state index contributed by atoms with van der Waals surface area (Å²) in [7, 11) is 0. The molecule has 0 unspecified atom stereocenters. The second-order valence-electron chi connectivity index (χ2n) is 4.26. The number of hydrogen-bond donors (Lipinski definition) is 2. The molecule has 0 saturated heterocycles. The highest BCUT2D eigenvalue weighted by molar-refractivity contribution is 5.98. The summed E-state index contributed by atoms with van der Waals surface area (Å²) in [5.74, 6) is -0.435. The van der Waals surface area contributed by atoms with Gasteiger partial charge in [-0.25, -0.2) is 9.37 Å². The van der Waals surface area contributed by atoms with E-state index in [0.29, 0.717) is 5.56 Å². The largest absolute Gasteiger partial charge is 0.435 e. The standard InChI is InChI=1S/C14H14FN3O/c1-8-3-4-10(15)11(7-8)19-14-12(13(16)17)9(2)5-6-18-14/h3-7H,1-2H3,(H3,16,17). The summed E-state index contributed by atoms with van der Waals surface area (Å²) >= 11 is 0. The molecule has 0 aliphatic carbocycles. The zero-order valence-electron chi connectivity index (χ0n) is 10.7. The van der Waals surface area contributed by atoms with E-state index in [1.165, 1.54) is 12.3 Å². The quantitative estimate of drug-likeness (QED) is 0.657. The highest BCUT2D eigenvalue weighted by atomic mass is 19.1. The minimum atomic E-state index is -0.483. The molecule has 19 heavy (non-hydrogen) atoms. The van der Waals surface area contributed by atoms with Crippen molar-refractivity contribution in [2.24, 2.45) is 5.73 Å². The van der Waals surface area contributed by atoms with Crippen LogP contribution in [0.1, 0.15) is 16.7 Å². The smallest absolute Gasteiger partial charge is 0.230 e. The van der Waals surface area contributed by atoms with Crippen LogP contribution in [0.15, 0.2) is 30.5 Å². The van der Waals surface area contributed by atoms with E-state index in [-0.39, 0.29) is 17.5 Å². The molecule has 5 heteroatoms. The van der Waals surface area contributed by atoms with Crippen LogP contribution in [0.2, 0.25) is 0 Å². The molecule has 98 valence electrons. The van der Waals surface area contributed by atoms with Gasteiger partial charge in [0.05, 0.1) is 5.56 Å². The first kappa shape index (κ1) is 13.0. The monoisotopic (exact) mass is 259 g/mol. The molecule has 4 nitrogen and oxygen atoms in total. The number of benzene rings is 1. The predicted molar refractivity (Wildman–Crippen MR) is 71.2 cm³/mol. The number of amidine groups is 1. The van der Waals surface area contributed by atoms with Crippen LogP contribution < -0.4 is 10.5 Å². The van der Waals surface area contributed by atoms with Crippen LogP contribution in [-0.2, 0) is 0 Å². The molecule has 1 aromatic heterocycles. The van der Waals surface area contributed by atoms with Crippen LogP contribution in [0.3, 0.4) is 0 Å². The maximum atomic E-state index is 13.7. The summed E-state index contributed by atoms with van der Waals surface area (Å²) in [5.41, 5.74) is 7.51. The molecule has 2 aromatic rings. The molecule has 3 N–H and O–H groups in total. The molecule has 0 fully saturated rings. The number of pyridine rings is 1. The molecule has 2 rings (SSSR count). The Morgan fingerprint density at radius 1 is 1.32 bits per heavy atom. The first-order valence-electron chi connectivity index (χ1n) is 5.73. The zero-order chi connectivity index (χ0) is 14.0. The van der Waals surface area contributed by atoms with Crippen molar-refractivity contribution in [3.05, 3.63) is 53.0 Å². The van der Waals surface area contributed by atoms with Crippen molar-refractivity contribution in [1.82, 2.24) is 4.98 Å². The van der Waals surface area contributed by atoms with Gasteiger partial charge in [-0.3, -0.25) is 5.41 Å². The second kappa shape index (κ2) is 5.06. The summed E-state index contributed by atoms with van der Waals surface area (Å²) in [6, 6.07) is 6.27. The maximum absolute atomic E-state index is 13.7. The Balaban J connectivity index is 2.46.